The molecule has 4 rings (SSSR count). The molecular formula is C20H28N6. The molecule has 2 fully saturated rings. The molecule has 6 heteroatoms. The molecule has 2 N–H and O–H groups in total. The van der Waals surface area contributed by atoms with Gasteiger partial charge in [0.25, 0.3) is 0 Å². The third kappa shape index (κ3) is 4.12. The van der Waals surface area contributed by atoms with Crippen LogP contribution in [0.5, 0.6) is 0 Å². The summed E-state index contributed by atoms with van der Waals surface area (Å²) < 4.78 is 0. The Labute approximate surface area is 155 Å². The summed E-state index contributed by atoms with van der Waals surface area (Å²) in [6.45, 7) is 4.24. The van der Waals surface area contributed by atoms with Crippen LogP contribution in [-0.4, -0.2) is 47.2 Å². The minimum atomic E-state index is 0.413. The van der Waals surface area contributed by atoms with Crippen molar-refractivity contribution in [3.63, 3.8) is 0 Å². The molecule has 0 aromatic carbocycles. The predicted molar refractivity (Wildman–Crippen MR) is 105 cm³/mol. The summed E-state index contributed by atoms with van der Waals surface area (Å²) in [7, 11) is 0. The molecule has 2 saturated heterocycles. The molecule has 4 heterocycles. The maximum Gasteiger partial charge on any atom is 0.171 e. The maximum absolute atomic E-state index is 4.97. The summed E-state index contributed by atoms with van der Waals surface area (Å²) in [5.74, 6) is 1.94. The SMILES string of the molecule is c1cc(-c2cnc(N3CCCCCC3)c(NC3CCCNC3)n2)ccn1. The first-order valence-corrected chi connectivity index (χ1v) is 9.90. The molecule has 2 aliphatic heterocycles. The normalized spacial score (nSPS) is 21.2. The Morgan fingerprint density at radius 1 is 1.04 bits per heavy atom. The minimum Gasteiger partial charge on any atom is -0.363 e. The van der Waals surface area contributed by atoms with Gasteiger partial charge in [0, 0.05) is 43.6 Å². The van der Waals surface area contributed by atoms with Crippen LogP contribution in [0.15, 0.2) is 30.7 Å². The van der Waals surface area contributed by atoms with Gasteiger partial charge >= 0.3 is 0 Å². The van der Waals surface area contributed by atoms with Gasteiger partial charge in [-0.3, -0.25) is 4.98 Å². The van der Waals surface area contributed by atoms with Crippen molar-refractivity contribution in [1.82, 2.24) is 20.3 Å². The molecule has 2 aliphatic rings. The van der Waals surface area contributed by atoms with Crippen LogP contribution in [0, 0.1) is 0 Å². The number of rotatable bonds is 4. The molecular weight excluding hydrogens is 324 g/mol. The molecule has 1 unspecified atom stereocenters. The first-order valence-electron chi connectivity index (χ1n) is 9.90. The van der Waals surface area contributed by atoms with E-state index in [4.69, 9.17) is 9.97 Å². The molecule has 6 nitrogen and oxygen atoms in total. The van der Waals surface area contributed by atoms with Gasteiger partial charge in [-0.15, -0.1) is 0 Å². The smallest absolute Gasteiger partial charge is 0.171 e. The summed E-state index contributed by atoms with van der Waals surface area (Å²) in [6.07, 6.45) is 13.0. The summed E-state index contributed by atoms with van der Waals surface area (Å²) in [4.78, 5) is 16.3. The highest BCUT2D eigenvalue weighted by Gasteiger charge is 2.20. The third-order valence-corrected chi connectivity index (χ3v) is 5.27. The van der Waals surface area contributed by atoms with E-state index in [0.29, 0.717) is 6.04 Å². The van der Waals surface area contributed by atoms with Gasteiger partial charge in [0.1, 0.15) is 0 Å². The number of hydrogen-bond donors (Lipinski definition) is 2. The fourth-order valence-corrected chi connectivity index (χ4v) is 3.82. The van der Waals surface area contributed by atoms with Crippen molar-refractivity contribution in [2.45, 2.75) is 44.6 Å². The molecule has 26 heavy (non-hydrogen) atoms. The second-order valence-electron chi connectivity index (χ2n) is 7.25. The van der Waals surface area contributed by atoms with E-state index in [-0.39, 0.29) is 0 Å². The fraction of sp³-hybridized carbons (Fsp3) is 0.550. The summed E-state index contributed by atoms with van der Waals surface area (Å²) in [6, 6.07) is 4.39. The second-order valence-corrected chi connectivity index (χ2v) is 7.25. The van der Waals surface area contributed by atoms with Crippen molar-refractivity contribution >= 4 is 11.6 Å². The van der Waals surface area contributed by atoms with Crippen LogP contribution in [0.1, 0.15) is 38.5 Å². The second kappa shape index (κ2) is 8.45. The molecule has 2 aromatic rings. The number of nitrogens with one attached hydrogen (secondary N) is 2. The standard InChI is InChI=1S/C20H28N6/c1-2-4-13-26(12-3-1)20-19(24-17-6-5-9-22-14-17)25-18(15-23-20)16-7-10-21-11-8-16/h7-8,10-11,15,17,22H,1-6,9,12-14H2,(H,24,25). The van der Waals surface area contributed by atoms with Gasteiger partial charge in [0.2, 0.25) is 0 Å². The molecule has 0 aliphatic carbocycles. The predicted octanol–water partition coefficient (Wildman–Crippen LogP) is 3.08. The minimum absolute atomic E-state index is 0.413. The maximum atomic E-state index is 4.97. The van der Waals surface area contributed by atoms with Gasteiger partial charge in [0.15, 0.2) is 11.6 Å². The number of anilines is 2. The molecule has 0 saturated carbocycles. The first kappa shape index (κ1) is 17.2. The Bertz CT molecular complexity index is 691. The molecule has 0 spiro atoms. The van der Waals surface area contributed by atoms with Crippen LogP contribution in [0.4, 0.5) is 11.6 Å². The van der Waals surface area contributed by atoms with Crippen LogP contribution >= 0.6 is 0 Å². The lowest BCUT2D eigenvalue weighted by Crippen LogP contribution is -2.39. The van der Waals surface area contributed by atoms with Gasteiger partial charge < -0.3 is 15.5 Å². The first-order chi connectivity index (χ1) is 12.9. The number of hydrogen-bond acceptors (Lipinski definition) is 6. The van der Waals surface area contributed by atoms with Crippen LogP contribution in [0.3, 0.4) is 0 Å². The third-order valence-electron chi connectivity index (χ3n) is 5.27. The Morgan fingerprint density at radius 2 is 1.85 bits per heavy atom. The molecule has 2 aromatic heterocycles. The Hall–Kier alpha value is -2.21. The van der Waals surface area contributed by atoms with Crippen LogP contribution in [0.25, 0.3) is 11.3 Å². The molecule has 0 radical (unpaired) electrons. The van der Waals surface area contributed by atoms with Gasteiger partial charge in [-0.05, 0) is 44.4 Å². The zero-order chi connectivity index (χ0) is 17.6. The molecule has 0 bridgehead atoms. The van der Waals surface area contributed by atoms with E-state index < -0.39 is 0 Å². The molecule has 1 atom stereocenters. The van der Waals surface area contributed by atoms with E-state index in [2.05, 4.69) is 20.5 Å². The van der Waals surface area contributed by atoms with E-state index in [9.17, 15) is 0 Å². The lowest BCUT2D eigenvalue weighted by molar-refractivity contribution is 0.479. The van der Waals surface area contributed by atoms with Crippen molar-refractivity contribution in [1.29, 1.82) is 0 Å². The molecule has 0 amide bonds. The fourth-order valence-electron chi connectivity index (χ4n) is 3.82. The van der Waals surface area contributed by atoms with Gasteiger partial charge in [-0.25, -0.2) is 9.97 Å². The Morgan fingerprint density at radius 3 is 2.58 bits per heavy atom. The van der Waals surface area contributed by atoms with Crippen LogP contribution in [-0.2, 0) is 0 Å². The van der Waals surface area contributed by atoms with Gasteiger partial charge in [-0.2, -0.15) is 0 Å². The lowest BCUT2D eigenvalue weighted by atomic mass is 10.1. The van der Waals surface area contributed by atoms with E-state index in [0.717, 1.165) is 49.1 Å². The zero-order valence-electron chi connectivity index (χ0n) is 15.3. The molecule has 138 valence electrons. The number of piperidine rings is 1. The summed E-state index contributed by atoms with van der Waals surface area (Å²) in [5.41, 5.74) is 1.96. The van der Waals surface area contributed by atoms with E-state index >= 15 is 0 Å². The van der Waals surface area contributed by atoms with Gasteiger partial charge in [0.05, 0.1) is 11.9 Å². The highest BCUT2D eigenvalue weighted by molar-refractivity contribution is 5.67. The van der Waals surface area contributed by atoms with Crippen LogP contribution in [0.2, 0.25) is 0 Å². The topological polar surface area (TPSA) is 66.0 Å². The monoisotopic (exact) mass is 352 g/mol. The Balaban J connectivity index is 1.64. The van der Waals surface area contributed by atoms with Crippen molar-refractivity contribution in [2.24, 2.45) is 0 Å². The van der Waals surface area contributed by atoms with E-state index in [1.54, 1.807) is 12.4 Å². The number of pyridine rings is 1. The average Bonchev–Trinajstić information content (AvgIpc) is 2.99. The van der Waals surface area contributed by atoms with Crippen LogP contribution < -0.4 is 15.5 Å². The summed E-state index contributed by atoms with van der Waals surface area (Å²) in [5, 5.41) is 7.16. The van der Waals surface area contributed by atoms with Crippen molar-refractivity contribution in [2.75, 3.05) is 36.4 Å². The number of nitrogens with zero attached hydrogens (tertiary/aromatic N) is 4. The Kier molecular flexibility index (Phi) is 5.59. The van der Waals surface area contributed by atoms with Gasteiger partial charge in [-0.1, -0.05) is 12.8 Å². The highest BCUT2D eigenvalue weighted by Crippen LogP contribution is 2.28. The van der Waals surface area contributed by atoms with Crippen molar-refractivity contribution in [3.8, 4) is 11.3 Å². The summed E-state index contributed by atoms with van der Waals surface area (Å²) >= 11 is 0. The highest BCUT2D eigenvalue weighted by atomic mass is 15.2. The largest absolute Gasteiger partial charge is 0.363 e. The average molecular weight is 352 g/mol. The van der Waals surface area contributed by atoms with Crippen molar-refractivity contribution in [3.05, 3.63) is 30.7 Å². The van der Waals surface area contributed by atoms with Crippen molar-refractivity contribution < 1.29 is 0 Å². The van der Waals surface area contributed by atoms with E-state index in [1.807, 2.05) is 18.3 Å². The zero-order valence-corrected chi connectivity index (χ0v) is 15.3. The lowest BCUT2D eigenvalue weighted by Gasteiger charge is -2.28. The van der Waals surface area contributed by atoms with E-state index in [1.165, 1.54) is 38.5 Å². The quantitative estimate of drug-likeness (QED) is 0.881. The number of aromatic nitrogens is 3.